The molecule has 1 saturated heterocycles. The van der Waals surface area contributed by atoms with Gasteiger partial charge in [0.15, 0.2) is 0 Å². The number of amides is 1. The monoisotopic (exact) mass is 167 g/mol. The van der Waals surface area contributed by atoms with E-state index in [0.717, 1.165) is 0 Å². The lowest BCUT2D eigenvalue weighted by Crippen LogP contribution is -2.49. The van der Waals surface area contributed by atoms with Crippen LogP contribution in [0.25, 0.3) is 0 Å². The third-order valence-electron chi connectivity index (χ3n) is 2.11. The van der Waals surface area contributed by atoms with E-state index in [0.29, 0.717) is 0 Å². The molecule has 0 saturated carbocycles. The first-order chi connectivity index (χ1) is 5.29. The summed E-state index contributed by atoms with van der Waals surface area (Å²) < 4.78 is 0. The van der Waals surface area contributed by atoms with Gasteiger partial charge in [-0.2, -0.15) is 11.3 Å². The largest absolute Gasteiger partial charge is 0.348 e. The van der Waals surface area contributed by atoms with Crippen LogP contribution in [0, 0.1) is 5.92 Å². The van der Waals surface area contributed by atoms with E-state index in [1.165, 1.54) is 5.56 Å². The average Bonchev–Trinajstić information content (AvgIpc) is 2.51. The van der Waals surface area contributed by atoms with Crippen LogP contribution in [0.1, 0.15) is 18.5 Å². The summed E-state index contributed by atoms with van der Waals surface area (Å²) in [6.07, 6.45) is 0. The van der Waals surface area contributed by atoms with Gasteiger partial charge in [0, 0.05) is 0 Å². The second kappa shape index (κ2) is 2.34. The average molecular weight is 167 g/mol. The second-order valence-corrected chi connectivity index (χ2v) is 3.61. The van der Waals surface area contributed by atoms with Gasteiger partial charge in [-0.05, 0) is 22.4 Å². The zero-order valence-electron chi connectivity index (χ0n) is 6.20. The predicted molar refractivity (Wildman–Crippen MR) is 44.4 cm³/mol. The first-order valence-corrected chi connectivity index (χ1v) is 4.56. The summed E-state index contributed by atoms with van der Waals surface area (Å²) in [5, 5.41) is 6.98. The second-order valence-electron chi connectivity index (χ2n) is 2.83. The minimum absolute atomic E-state index is 0.157. The Bertz CT molecular complexity index is 268. The van der Waals surface area contributed by atoms with Crippen LogP contribution >= 0.6 is 11.3 Å². The lowest BCUT2D eigenvalue weighted by molar-refractivity contribution is -0.134. The molecule has 2 rings (SSSR count). The van der Waals surface area contributed by atoms with E-state index in [1.54, 1.807) is 11.3 Å². The van der Waals surface area contributed by atoms with Gasteiger partial charge < -0.3 is 5.32 Å². The fourth-order valence-electron chi connectivity index (χ4n) is 1.29. The summed E-state index contributed by atoms with van der Waals surface area (Å²) in [7, 11) is 0. The quantitative estimate of drug-likeness (QED) is 0.632. The van der Waals surface area contributed by atoms with Crippen LogP contribution in [0.3, 0.4) is 0 Å². The van der Waals surface area contributed by atoms with Crippen molar-refractivity contribution < 1.29 is 4.79 Å². The van der Waals surface area contributed by atoms with E-state index < -0.39 is 0 Å². The maximum atomic E-state index is 10.8. The summed E-state index contributed by atoms with van der Waals surface area (Å²) >= 11 is 1.67. The van der Waals surface area contributed by atoms with Crippen molar-refractivity contribution in [2.24, 2.45) is 5.92 Å². The molecular weight excluding hydrogens is 158 g/mol. The highest BCUT2D eigenvalue weighted by atomic mass is 32.1. The van der Waals surface area contributed by atoms with Gasteiger partial charge in [-0.15, -0.1) is 0 Å². The van der Waals surface area contributed by atoms with Gasteiger partial charge in [0.1, 0.15) is 0 Å². The maximum absolute atomic E-state index is 10.8. The molecule has 0 spiro atoms. The van der Waals surface area contributed by atoms with Crippen LogP contribution in [0.2, 0.25) is 0 Å². The fraction of sp³-hybridized carbons (Fsp3) is 0.375. The third kappa shape index (κ3) is 0.959. The van der Waals surface area contributed by atoms with Gasteiger partial charge in [-0.25, -0.2) is 0 Å². The van der Waals surface area contributed by atoms with Crippen molar-refractivity contribution in [3.05, 3.63) is 22.4 Å². The molecular formula is C8H9NOS. The van der Waals surface area contributed by atoms with E-state index in [-0.39, 0.29) is 17.9 Å². The Morgan fingerprint density at radius 2 is 2.45 bits per heavy atom. The number of β-lactam (4-membered cyclic amide) rings is 1. The van der Waals surface area contributed by atoms with E-state index in [1.807, 2.05) is 12.3 Å². The SMILES string of the molecule is CC1C(=O)NC1c1ccsc1. The van der Waals surface area contributed by atoms with Crippen LogP contribution < -0.4 is 5.32 Å². The first-order valence-electron chi connectivity index (χ1n) is 3.61. The molecule has 2 nitrogen and oxygen atoms in total. The van der Waals surface area contributed by atoms with Crippen LogP contribution in [-0.4, -0.2) is 5.91 Å². The summed E-state index contributed by atoms with van der Waals surface area (Å²) in [5.41, 5.74) is 1.24. The lowest BCUT2D eigenvalue weighted by Gasteiger charge is -2.33. The molecule has 3 heteroatoms. The van der Waals surface area contributed by atoms with Crippen molar-refractivity contribution in [1.82, 2.24) is 5.32 Å². The van der Waals surface area contributed by atoms with Gasteiger partial charge in [-0.1, -0.05) is 6.92 Å². The Morgan fingerprint density at radius 3 is 2.91 bits per heavy atom. The topological polar surface area (TPSA) is 29.1 Å². The van der Waals surface area contributed by atoms with E-state index in [2.05, 4.69) is 16.8 Å². The maximum Gasteiger partial charge on any atom is 0.225 e. The highest BCUT2D eigenvalue weighted by molar-refractivity contribution is 7.08. The summed E-state index contributed by atoms with van der Waals surface area (Å²) in [5.74, 6) is 0.325. The number of hydrogen-bond donors (Lipinski definition) is 1. The van der Waals surface area contributed by atoms with Crippen LogP contribution in [0.4, 0.5) is 0 Å². The zero-order chi connectivity index (χ0) is 7.84. The third-order valence-corrected chi connectivity index (χ3v) is 2.82. The minimum Gasteiger partial charge on any atom is -0.348 e. The number of nitrogens with one attached hydrogen (secondary N) is 1. The number of thiophene rings is 1. The fourth-order valence-corrected chi connectivity index (χ4v) is 1.99. The van der Waals surface area contributed by atoms with Crippen LogP contribution in [-0.2, 0) is 4.79 Å². The number of rotatable bonds is 1. The molecule has 2 unspecified atom stereocenters. The van der Waals surface area contributed by atoms with Crippen molar-refractivity contribution >= 4 is 17.2 Å². The molecule has 1 aliphatic heterocycles. The molecule has 1 N–H and O–H groups in total. The Kier molecular flexibility index (Phi) is 1.46. The van der Waals surface area contributed by atoms with Crippen molar-refractivity contribution in [3.8, 4) is 0 Å². The molecule has 1 aliphatic rings. The Balaban J connectivity index is 2.15. The van der Waals surface area contributed by atoms with Gasteiger partial charge in [0.05, 0.1) is 12.0 Å². The molecule has 11 heavy (non-hydrogen) atoms. The molecule has 0 bridgehead atoms. The van der Waals surface area contributed by atoms with Crippen molar-refractivity contribution in [1.29, 1.82) is 0 Å². The molecule has 0 aliphatic carbocycles. The normalized spacial score (nSPS) is 29.4. The molecule has 1 aromatic rings. The highest BCUT2D eigenvalue weighted by Gasteiger charge is 2.36. The molecule has 1 amide bonds. The molecule has 1 fully saturated rings. The smallest absolute Gasteiger partial charge is 0.225 e. The van der Waals surface area contributed by atoms with Crippen LogP contribution in [0.5, 0.6) is 0 Å². The summed E-state index contributed by atoms with van der Waals surface area (Å²) in [6.45, 7) is 1.96. The molecule has 1 aromatic heterocycles. The molecule has 0 aromatic carbocycles. The van der Waals surface area contributed by atoms with Crippen molar-refractivity contribution in [2.45, 2.75) is 13.0 Å². The number of carbonyl (C=O) groups excluding carboxylic acids is 1. The number of hydrogen-bond acceptors (Lipinski definition) is 2. The minimum atomic E-state index is 0.157. The van der Waals surface area contributed by atoms with Crippen molar-refractivity contribution in [3.63, 3.8) is 0 Å². The first kappa shape index (κ1) is 6.85. The lowest BCUT2D eigenvalue weighted by atomic mass is 9.88. The standard InChI is InChI=1S/C8H9NOS/c1-5-7(9-8(5)10)6-2-3-11-4-6/h2-5,7H,1H3,(H,9,10). The highest BCUT2D eigenvalue weighted by Crippen LogP contribution is 2.30. The molecule has 2 heterocycles. The summed E-state index contributed by atoms with van der Waals surface area (Å²) in [4.78, 5) is 10.8. The zero-order valence-corrected chi connectivity index (χ0v) is 7.02. The number of carbonyl (C=O) groups is 1. The van der Waals surface area contributed by atoms with Gasteiger partial charge in [0.25, 0.3) is 0 Å². The van der Waals surface area contributed by atoms with Crippen LogP contribution in [0.15, 0.2) is 16.8 Å². The van der Waals surface area contributed by atoms with Gasteiger partial charge in [0.2, 0.25) is 5.91 Å². The van der Waals surface area contributed by atoms with Gasteiger partial charge in [-0.3, -0.25) is 4.79 Å². The van der Waals surface area contributed by atoms with E-state index in [9.17, 15) is 4.79 Å². The molecule has 2 atom stereocenters. The van der Waals surface area contributed by atoms with Gasteiger partial charge >= 0.3 is 0 Å². The molecule has 0 radical (unpaired) electrons. The Labute approximate surface area is 69.2 Å². The van der Waals surface area contributed by atoms with Crippen molar-refractivity contribution in [2.75, 3.05) is 0 Å². The predicted octanol–water partition coefficient (Wildman–Crippen LogP) is 1.56. The Hall–Kier alpha value is -0.830. The van der Waals surface area contributed by atoms with E-state index in [4.69, 9.17) is 0 Å². The summed E-state index contributed by atoms with van der Waals surface area (Å²) in [6, 6.07) is 2.33. The van der Waals surface area contributed by atoms with E-state index >= 15 is 0 Å². The Morgan fingerprint density at radius 1 is 1.64 bits per heavy atom. The molecule has 58 valence electrons.